The Morgan fingerprint density at radius 1 is 1.13 bits per heavy atom. The molecule has 1 aromatic carbocycles. The number of halogens is 1. The Labute approximate surface area is 179 Å². The third-order valence-electron chi connectivity index (χ3n) is 5.30. The molecule has 3 aromatic rings. The SMILES string of the molecule is O=C(Cc1cnc2ncc(CC3CCOCC3)cn2c1=O)NCc1ccc(Cl)cc1. The maximum atomic E-state index is 12.9. The van der Waals surface area contributed by atoms with E-state index in [1.54, 1.807) is 24.5 Å². The fourth-order valence-corrected chi connectivity index (χ4v) is 3.73. The Morgan fingerprint density at radius 2 is 1.87 bits per heavy atom. The van der Waals surface area contributed by atoms with Crippen molar-refractivity contribution < 1.29 is 9.53 Å². The van der Waals surface area contributed by atoms with Crippen LogP contribution in [0.25, 0.3) is 5.78 Å². The van der Waals surface area contributed by atoms with Gasteiger partial charge in [0.1, 0.15) is 0 Å². The number of hydrogen-bond donors (Lipinski definition) is 1. The molecule has 0 atom stereocenters. The first-order valence-electron chi connectivity index (χ1n) is 10.0. The second-order valence-electron chi connectivity index (χ2n) is 7.56. The van der Waals surface area contributed by atoms with Crippen molar-refractivity contribution >= 4 is 23.3 Å². The minimum atomic E-state index is -0.261. The number of amides is 1. The third-order valence-corrected chi connectivity index (χ3v) is 5.56. The van der Waals surface area contributed by atoms with Gasteiger partial charge >= 0.3 is 0 Å². The standard InChI is InChI=1S/C22H23ClN4O3/c23-19-3-1-16(2-4-19)11-24-20(28)10-18-13-26-22-25-12-17(14-27(22)21(18)29)9-15-5-7-30-8-6-15/h1-4,12-15H,5-11H2,(H,24,28). The normalized spacial score (nSPS) is 14.7. The van der Waals surface area contributed by atoms with Gasteiger partial charge in [0, 0.05) is 48.9 Å². The van der Waals surface area contributed by atoms with Crippen LogP contribution in [0.15, 0.2) is 47.7 Å². The van der Waals surface area contributed by atoms with Gasteiger partial charge in [-0.05, 0) is 48.4 Å². The summed E-state index contributed by atoms with van der Waals surface area (Å²) in [6, 6.07) is 7.24. The monoisotopic (exact) mass is 426 g/mol. The molecule has 1 fully saturated rings. The number of nitrogens with zero attached hydrogens (tertiary/aromatic N) is 3. The van der Waals surface area contributed by atoms with Crippen molar-refractivity contribution in [2.24, 2.45) is 5.92 Å². The third kappa shape index (κ3) is 5.04. The molecule has 7 nitrogen and oxygen atoms in total. The average molecular weight is 427 g/mol. The molecule has 1 amide bonds. The first-order chi connectivity index (χ1) is 14.6. The molecular formula is C22H23ClN4O3. The minimum Gasteiger partial charge on any atom is -0.381 e. The maximum Gasteiger partial charge on any atom is 0.262 e. The van der Waals surface area contributed by atoms with Gasteiger partial charge in [-0.3, -0.25) is 14.0 Å². The van der Waals surface area contributed by atoms with E-state index in [0.717, 1.165) is 43.6 Å². The summed E-state index contributed by atoms with van der Waals surface area (Å²) in [6.45, 7) is 1.93. The van der Waals surface area contributed by atoms with Gasteiger partial charge in [0.15, 0.2) is 0 Å². The zero-order chi connectivity index (χ0) is 20.9. The van der Waals surface area contributed by atoms with Crippen molar-refractivity contribution in [2.45, 2.75) is 32.2 Å². The minimum absolute atomic E-state index is 0.0352. The average Bonchev–Trinajstić information content (AvgIpc) is 2.76. The smallest absolute Gasteiger partial charge is 0.262 e. The maximum absolute atomic E-state index is 12.9. The van der Waals surface area contributed by atoms with Crippen LogP contribution in [0, 0.1) is 5.92 Å². The number of carbonyl (C=O) groups is 1. The van der Waals surface area contributed by atoms with E-state index in [0.29, 0.717) is 28.8 Å². The molecule has 8 heteroatoms. The van der Waals surface area contributed by atoms with Crippen molar-refractivity contribution in [3.8, 4) is 0 Å². The van der Waals surface area contributed by atoms with Crippen LogP contribution in [-0.4, -0.2) is 33.5 Å². The van der Waals surface area contributed by atoms with Gasteiger partial charge in [0.2, 0.25) is 11.7 Å². The lowest BCUT2D eigenvalue weighted by molar-refractivity contribution is -0.120. The largest absolute Gasteiger partial charge is 0.381 e. The van der Waals surface area contributed by atoms with Crippen LogP contribution < -0.4 is 10.9 Å². The van der Waals surface area contributed by atoms with Crippen molar-refractivity contribution in [1.82, 2.24) is 19.7 Å². The van der Waals surface area contributed by atoms with Crippen molar-refractivity contribution in [3.05, 3.63) is 74.9 Å². The van der Waals surface area contributed by atoms with Gasteiger partial charge in [-0.15, -0.1) is 0 Å². The van der Waals surface area contributed by atoms with E-state index in [2.05, 4.69) is 15.3 Å². The van der Waals surface area contributed by atoms with Crippen LogP contribution >= 0.6 is 11.6 Å². The lowest BCUT2D eigenvalue weighted by atomic mass is 9.94. The Kier molecular flexibility index (Phi) is 6.40. The van der Waals surface area contributed by atoms with E-state index in [9.17, 15) is 9.59 Å². The summed E-state index contributed by atoms with van der Waals surface area (Å²) in [5, 5.41) is 3.47. The quantitative estimate of drug-likeness (QED) is 0.654. The number of fused-ring (bicyclic) bond motifs is 1. The summed E-state index contributed by atoms with van der Waals surface area (Å²) in [5.41, 5.74) is 2.00. The van der Waals surface area contributed by atoms with Crippen molar-refractivity contribution in [1.29, 1.82) is 0 Å². The lowest BCUT2D eigenvalue weighted by Gasteiger charge is -2.21. The van der Waals surface area contributed by atoms with Gasteiger partial charge in [0.05, 0.1) is 6.42 Å². The number of aromatic nitrogens is 3. The van der Waals surface area contributed by atoms with Gasteiger partial charge in [-0.2, -0.15) is 0 Å². The number of ether oxygens (including phenoxy) is 1. The molecule has 3 heterocycles. The molecule has 0 bridgehead atoms. The van der Waals surface area contributed by atoms with Crippen LogP contribution in [0.5, 0.6) is 0 Å². The van der Waals surface area contributed by atoms with E-state index >= 15 is 0 Å². The van der Waals surface area contributed by atoms with Gasteiger partial charge in [-0.1, -0.05) is 23.7 Å². The fourth-order valence-electron chi connectivity index (χ4n) is 3.60. The Hall–Kier alpha value is -2.77. The Bertz CT molecular complexity index is 1090. The lowest BCUT2D eigenvalue weighted by Crippen LogP contribution is -2.29. The van der Waals surface area contributed by atoms with Gasteiger partial charge in [0.25, 0.3) is 5.56 Å². The second-order valence-corrected chi connectivity index (χ2v) is 8.00. The summed E-state index contributed by atoms with van der Waals surface area (Å²) in [7, 11) is 0. The summed E-state index contributed by atoms with van der Waals surface area (Å²) >= 11 is 5.87. The highest BCUT2D eigenvalue weighted by molar-refractivity contribution is 6.30. The first-order valence-corrected chi connectivity index (χ1v) is 10.4. The highest BCUT2D eigenvalue weighted by Gasteiger charge is 2.16. The van der Waals surface area contributed by atoms with E-state index in [-0.39, 0.29) is 17.9 Å². The molecule has 1 saturated heterocycles. The molecule has 0 spiro atoms. The molecule has 0 unspecified atom stereocenters. The number of benzene rings is 1. The zero-order valence-electron chi connectivity index (χ0n) is 16.5. The molecule has 2 aromatic heterocycles. The molecule has 1 N–H and O–H groups in total. The van der Waals surface area contributed by atoms with Gasteiger partial charge < -0.3 is 10.1 Å². The summed E-state index contributed by atoms with van der Waals surface area (Å²) in [6.07, 6.45) is 7.85. The highest BCUT2D eigenvalue weighted by atomic mass is 35.5. The molecule has 0 radical (unpaired) electrons. The number of rotatable bonds is 6. The van der Waals surface area contributed by atoms with Crippen LogP contribution in [0.2, 0.25) is 5.02 Å². The Morgan fingerprint density at radius 3 is 2.63 bits per heavy atom. The second kappa shape index (κ2) is 9.36. The zero-order valence-corrected chi connectivity index (χ0v) is 17.3. The van der Waals surface area contributed by atoms with Crippen LogP contribution in [-0.2, 0) is 28.9 Å². The number of hydrogen-bond acceptors (Lipinski definition) is 5. The summed E-state index contributed by atoms with van der Waals surface area (Å²) < 4.78 is 6.85. The number of carbonyl (C=O) groups excluding carboxylic acids is 1. The predicted octanol–water partition coefficient (Wildman–Crippen LogP) is 2.57. The molecule has 0 saturated carbocycles. The predicted molar refractivity (Wildman–Crippen MR) is 114 cm³/mol. The fraction of sp³-hybridized carbons (Fsp3) is 0.364. The van der Waals surface area contributed by atoms with Crippen molar-refractivity contribution in [3.63, 3.8) is 0 Å². The summed E-state index contributed by atoms with van der Waals surface area (Å²) in [5.74, 6) is 0.625. The first kappa shape index (κ1) is 20.5. The van der Waals surface area contributed by atoms with Gasteiger partial charge in [-0.25, -0.2) is 9.97 Å². The summed E-state index contributed by atoms with van der Waals surface area (Å²) in [4.78, 5) is 33.8. The van der Waals surface area contributed by atoms with E-state index < -0.39 is 0 Å². The van der Waals surface area contributed by atoms with E-state index in [1.165, 1.54) is 10.6 Å². The number of nitrogens with one attached hydrogen (secondary N) is 1. The molecule has 1 aliphatic rings. The van der Waals surface area contributed by atoms with Crippen molar-refractivity contribution in [2.75, 3.05) is 13.2 Å². The molecule has 156 valence electrons. The Balaban J connectivity index is 1.45. The highest BCUT2D eigenvalue weighted by Crippen LogP contribution is 2.19. The van der Waals surface area contributed by atoms with Crippen LogP contribution in [0.4, 0.5) is 0 Å². The molecule has 1 aliphatic heterocycles. The topological polar surface area (TPSA) is 85.6 Å². The molecule has 4 rings (SSSR count). The molecule has 0 aliphatic carbocycles. The van der Waals surface area contributed by atoms with Crippen LogP contribution in [0.3, 0.4) is 0 Å². The van der Waals surface area contributed by atoms with Crippen LogP contribution in [0.1, 0.15) is 29.5 Å². The van der Waals surface area contributed by atoms with E-state index in [1.807, 2.05) is 12.1 Å². The van der Waals surface area contributed by atoms with E-state index in [4.69, 9.17) is 16.3 Å². The molecular weight excluding hydrogens is 404 g/mol. The molecule has 30 heavy (non-hydrogen) atoms.